The maximum Gasteiger partial charge on any atom is 0.407 e. The van der Waals surface area contributed by atoms with Crippen molar-refractivity contribution in [2.75, 3.05) is 19.8 Å². The zero-order valence-electron chi connectivity index (χ0n) is 14.3. The molecule has 1 aromatic rings. The molecule has 0 bridgehead atoms. The summed E-state index contributed by atoms with van der Waals surface area (Å²) in [6, 6.07) is 5.82. The number of hydrogen-bond acceptors (Lipinski definition) is 5. The smallest absolute Gasteiger partial charge is 0.407 e. The van der Waals surface area contributed by atoms with Crippen molar-refractivity contribution in [2.24, 2.45) is 0 Å². The van der Waals surface area contributed by atoms with Gasteiger partial charge in [0.1, 0.15) is 18.8 Å². The lowest BCUT2D eigenvalue weighted by molar-refractivity contribution is 0.0508. The number of ether oxygens (including phenoxy) is 3. The highest BCUT2D eigenvalue weighted by molar-refractivity contribution is 5.68. The molecule has 128 valence electrons. The summed E-state index contributed by atoms with van der Waals surface area (Å²) in [6.07, 6.45) is -0.402. The molecule has 0 spiro atoms. The number of fused-ring (bicyclic) bond motifs is 1. The maximum absolute atomic E-state index is 11.7. The number of hydrogen-bond donors (Lipinski definition) is 2. The Morgan fingerprint density at radius 3 is 2.78 bits per heavy atom. The van der Waals surface area contributed by atoms with Crippen molar-refractivity contribution in [1.29, 1.82) is 0 Å². The molecule has 1 aromatic carbocycles. The van der Waals surface area contributed by atoms with Gasteiger partial charge in [-0.3, -0.25) is 0 Å². The quantitative estimate of drug-likeness (QED) is 0.871. The fraction of sp³-hybridized carbons (Fsp3) is 0.588. The largest absolute Gasteiger partial charge is 0.486 e. The summed E-state index contributed by atoms with van der Waals surface area (Å²) in [5.41, 5.74) is 0.559. The molecular formula is C17H26N2O4. The van der Waals surface area contributed by atoms with Gasteiger partial charge in [-0.1, -0.05) is 12.1 Å². The van der Waals surface area contributed by atoms with E-state index in [1.807, 2.05) is 45.9 Å². The third kappa shape index (κ3) is 5.63. The minimum Gasteiger partial charge on any atom is -0.486 e. The van der Waals surface area contributed by atoms with Gasteiger partial charge in [-0.2, -0.15) is 0 Å². The molecule has 1 atom stereocenters. The van der Waals surface area contributed by atoms with Crippen molar-refractivity contribution in [1.82, 2.24) is 10.6 Å². The van der Waals surface area contributed by atoms with E-state index in [2.05, 4.69) is 10.6 Å². The van der Waals surface area contributed by atoms with Crippen LogP contribution in [-0.4, -0.2) is 37.5 Å². The topological polar surface area (TPSA) is 68.8 Å². The number of para-hydroxylation sites is 1. The minimum absolute atomic E-state index is 0.0402. The summed E-state index contributed by atoms with van der Waals surface area (Å²) in [5.74, 6) is 1.59. The Balaban J connectivity index is 1.78. The van der Waals surface area contributed by atoms with Crippen molar-refractivity contribution in [2.45, 2.75) is 45.9 Å². The molecule has 0 aromatic heterocycles. The number of rotatable bonds is 5. The van der Waals surface area contributed by atoms with Crippen molar-refractivity contribution in [3.8, 4) is 11.5 Å². The third-order valence-electron chi connectivity index (χ3n) is 3.18. The lowest BCUT2D eigenvalue weighted by atomic mass is 10.1. The average Bonchev–Trinajstić information content (AvgIpc) is 2.45. The van der Waals surface area contributed by atoms with Crippen LogP contribution < -0.4 is 20.1 Å². The van der Waals surface area contributed by atoms with Crippen LogP contribution in [-0.2, 0) is 11.3 Å². The standard InChI is InChI=1S/C17H26N2O4/c1-12(19-16(20)23-17(2,3)4)10-18-11-13-6-5-7-14-15(13)22-9-8-21-14/h5-7,12,18H,8-11H2,1-4H3,(H,19,20). The second-order valence-corrected chi connectivity index (χ2v) is 6.62. The Hall–Kier alpha value is -1.95. The van der Waals surface area contributed by atoms with E-state index in [1.165, 1.54) is 0 Å². The summed E-state index contributed by atoms with van der Waals surface area (Å²) in [7, 11) is 0. The van der Waals surface area contributed by atoms with E-state index in [0.717, 1.165) is 17.1 Å². The monoisotopic (exact) mass is 322 g/mol. The summed E-state index contributed by atoms with van der Waals surface area (Å²) in [5, 5.41) is 6.12. The van der Waals surface area contributed by atoms with Crippen LogP contribution in [0.25, 0.3) is 0 Å². The molecule has 1 unspecified atom stereocenters. The van der Waals surface area contributed by atoms with Crippen LogP contribution in [0.2, 0.25) is 0 Å². The Bertz CT molecular complexity index is 540. The molecule has 0 saturated heterocycles. The van der Waals surface area contributed by atoms with Crippen LogP contribution in [0.15, 0.2) is 18.2 Å². The summed E-state index contributed by atoms with van der Waals surface area (Å²) >= 11 is 0. The fourth-order valence-corrected chi connectivity index (χ4v) is 2.26. The van der Waals surface area contributed by atoms with Crippen molar-refractivity contribution in [3.05, 3.63) is 23.8 Å². The van der Waals surface area contributed by atoms with Gasteiger partial charge in [0.15, 0.2) is 11.5 Å². The SMILES string of the molecule is CC(CNCc1cccc2c1OCCO2)NC(=O)OC(C)(C)C. The summed E-state index contributed by atoms with van der Waals surface area (Å²) in [4.78, 5) is 11.7. The molecule has 0 radical (unpaired) electrons. The van der Waals surface area contributed by atoms with Crippen LogP contribution in [0.4, 0.5) is 4.79 Å². The molecule has 0 aliphatic carbocycles. The first-order chi connectivity index (χ1) is 10.8. The first kappa shape index (κ1) is 17.4. The second kappa shape index (κ2) is 7.55. The Morgan fingerprint density at radius 2 is 2.04 bits per heavy atom. The average molecular weight is 322 g/mol. The van der Waals surface area contributed by atoms with E-state index >= 15 is 0 Å². The number of carbonyl (C=O) groups excluding carboxylic acids is 1. The molecule has 23 heavy (non-hydrogen) atoms. The van der Waals surface area contributed by atoms with Crippen molar-refractivity contribution >= 4 is 6.09 Å². The highest BCUT2D eigenvalue weighted by atomic mass is 16.6. The van der Waals surface area contributed by atoms with Crippen LogP contribution in [0.5, 0.6) is 11.5 Å². The molecule has 1 amide bonds. The lowest BCUT2D eigenvalue weighted by Crippen LogP contribution is -2.42. The van der Waals surface area contributed by atoms with Crippen LogP contribution in [0, 0.1) is 0 Å². The normalized spacial score (nSPS) is 15.0. The zero-order valence-corrected chi connectivity index (χ0v) is 14.3. The minimum atomic E-state index is -0.488. The van der Waals surface area contributed by atoms with Crippen molar-refractivity contribution in [3.63, 3.8) is 0 Å². The number of carbonyl (C=O) groups is 1. The second-order valence-electron chi connectivity index (χ2n) is 6.62. The van der Waals surface area contributed by atoms with E-state index in [1.54, 1.807) is 0 Å². The fourth-order valence-electron chi connectivity index (χ4n) is 2.26. The van der Waals surface area contributed by atoms with Gasteiger partial charge in [-0.15, -0.1) is 0 Å². The highest BCUT2D eigenvalue weighted by Gasteiger charge is 2.18. The Labute approximate surface area is 137 Å². The third-order valence-corrected chi connectivity index (χ3v) is 3.18. The van der Waals surface area contributed by atoms with E-state index < -0.39 is 11.7 Å². The molecule has 2 N–H and O–H groups in total. The Kier molecular flexibility index (Phi) is 5.71. The first-order valence-electron chi connectivity index (χ1n) is 7.93. The van der Waals surface area contributed by atoms with Gasteiger partial charge in [0.05, 0.1) is 0 Å². The van der Waals surface area contributed by atoms with E-state index in [9.17, 15) is 4.79 Å². The summed E-state index contributed by atoms with van der Waals surface area (Å²) in [6.45, 7) is 9.89. The van der Waals surface area contributed by atoms with E-state index in [4.69, 9.17) is 14.2 Å². The van der Waals surface area contributed by atoms with Crippen molar-refractivity contribution < 1.29 is 19.0 Å². The van der Waals surface area contributed by atoms with Gasteiger partial charge in [-0.25, -0.2) is 4.79 Å². The predicted molar refractivity (Wildman–Crippen MR) is 88.0 cm³/mol. The predicted octanol–water partition coefficient (Wildman–Crippen LogP) is 2.46. The van der Waals surface area contributed by atoms with Gasteiger partial charge < -0.3 is 24.8 Å². The van der Waals surface area contributed by atoms with E-state index in [-0.39, 0.29) is 6.04 Å². The highest BCUT2D eigenvalue weighted by Crippen LogP contribution is 2.33. The Morgan fingerprint density at radius 1 is 1.30 bits per heavy atom. The molecular weight excluding hydrogens is 296 g/mol. The van der Waals surface area contributed by atoms with Gasteiger partial charge in [-0.05, 0) is 33.8 Å². The van der Waals surface area contributed by atoms with Crippen LogP contribution in [0.1, 0.15) is 33.3 Å². The number of nitrogens with one attached hydrogen (secondary N) is 2. The molecule has 1 aliphatic rings. The zero-order chi connectivity index (χ0) is 16.9. The number of amides is 1. The molecule has 2 rings (SSSR count). The molecule has 0 saturated carbocycles. The van der Waals surface area contributed by atoms with Gasteiger partial charge in [0.25, 0.3) is 0 Å². The van der Waals surface area contributed by atoms with Gasteiger partial charge in [0.2, 0.25) is 0 Å². The lowest BCUT2D eigenvalue weighted by Gasteiger charge is -2.23. The number of alkyl carbamates (subject to hydrolysis) is 1. The molecule has 6 nitrogen and oxygen atoms in total. The summed E-state index contributed by atoms with van der Waals surface area (Å²) < 4.78 is 16.5. The molecule has 1 aliphatic heterocycles. The van der Waals surface area contributed by atoms with E-state index in [0.29, 0.717) is 26.3 Å². The van der Waals surface area contributed by atoms with Crippen LogP contribution >= 0.6 is 0 Å². The maximum atomic E-state index is 11.7. The molecule has 0 fully saturated rings. The number of benzene rings is 1. The molecule has 1 heterocycles. The van der Waals surface area contributed by atoms with Crippen LogP contribution in [0.3, 0.4) is 0 Å². The first-order valence-corrected chi connectivity index (χ1v) is 7.93. The van der Waals surface area contributed by atoms with Gasteiger partial charge in [0, 0.05) is 24.7 Å². The molecule has 6 heteroatoms. The van der Waals surface area contributed by atoms with Gasteiger partial charge >= 0.3 is 6.09 Å².